The van der Waals surface area contributed by atoms with Crippen LogP contribution in [-0.2, 0) is 19.6 Å². The van der Waals surface area contributed by atoms with Crippen LogP contribution in [0.3, 0.4) is 0 Å². The van der Waals surface area contributed by atoms with Gasteiger partial charge in [0.1, 0.15) is 12.3 Å². The summed E-state index contributed by atoms with van der Waals surface area (Å²) >= 11 is 0. The van der Waals surface area contributed by atoms with Gasteiger partial charge in [-0.15, -0.1) is 0 Å². The van der Waals surface area contributed by atoms with Crippen molar-refractivity contribution >= 4 is 33.7 Å². The van der Waals surface area contributed by atoms with Gasteiger partial charge in [0.05, 0.1) is 24.2 Å². The van der Waals surface area contributed by atoms with Crippen molar-refractivity contribution in [1.82, 2.24) is 10.7 Å². The van der Waals surface area contributed by atoms with E-state index in [1.165, 1.54) is 6.21 Å². The summed E-state index contributed by atoms with van der Waals surface area (Å²) in [6.07, 6.45) is 2.49. The van der Waals surface area contributed by atoms with Crippen molar-refractivity contribution < 1.29 is 22.7 Å². The molecule has 2 amide bonds. The SMILES string of the molecule is Cc1cccc(N(CC(=O)NN=Cc2ccc(OCC(=O)N[C@@H](C)c3ccccc3)cc2)S(C)(=O)=O)c1C. The van der Waals surface area contributed by atoms with Crippen molar-refractivity contribution in [2.45, 2.75) is 26.8 Å². The fourth-order valence-electron chi connectivity index (χ4n) is 3.64. The zero-order chi connectivity index (χ0) is 27.7. The number of carbonyl (C=O) groups is 2. The highest BCUT2D eigenvalue weighted by atomic mass is 32.2. The lowest BCUT2D eigenvalue weighted by Crippen LogP contribution is -2.39. The molecule has 0 heterocycles. The van der Waals surface area contributed by atoms with E-state index in [2.05, 4.69) is 15.8 Å². The number of hydrazone groups is 1. The van der Waals surface area contributed by atoms with E-state index in [9.17, 15) is 18.0 Å². The second-order valence-electron chi connectivity index (χ2n) is 8.84. The number of sulfonamides is 1. The molecule has 9 nitrogen and oxygen atoms in total. The maximum atomic E-state index is 12.4. The highest BCUT2D eigenvalue weighted by Crippen LogP contribution is 2.24. The number of rotatable bonds is 11. The summed E-state index contributed by atoms with van der Waals surface area (Å²) in [5, 5.41) is 6.81. The smallest absolute Gasteiger partial charge is 0.260 e. The van der Waals surface area contributed by atoms with E-state index in [1.807, 2.05) is 57.2 Å². The molecule has 0 aliphatic carbocycles. The summed E-state index contributed by atoms with van der Waals surface area (Å²) in [6, 6.07) is 21.6. The third-order valence-corrected chi connectivity index (χ3v) is 6.99. The van der Waals surface area contributed by atoms with Crippen molar-refractivity contribution in [1.29, 1.82) is 0 Å². The molecular weight excluding hydrogens is 504 g/mol. The van der Waals surface area contributed by atoms with Crippen LogP contribution in [0.4, 0.5) is 5.69 Å². The number of ether oxygens (including phenoxy) is 1. The van der Waals surface area contributed by atoms with Crippen LogP contribution in [0.15, 0.2) is 77.9 Å². The Morgan fingerprint density at radius 2 is 1.66 bits per heavy atom. The third kappa shape index (κ3) is 8.17. The Bertz CT molecular complexity index is 1390. The van der Waals surface area contributed by atoms with Gasteiger partial charge in [-0.2, -0.15) is 5.10 Å². The molecule has 0 saturated heterocycles. The lowest BCUT2D eigenvalue weighted by atomic mass is 10.1. The molecule has 3 rings (SSSR count). The minimum Gasteiger partial charge on any atom is -0.484 e. The van der Waals surface area contributed by atoms with E-state index in [1.54, 1.807) is 36.4 Å². The van der Waals surface area contributed by atoms with Gasteiger partial charge in [0.15, 0.2) is 6.61 Å². The van der Waals surface area contributed by atoms with Crippen LogP contribution in [0.5, 0.6) is 5.75 Å². The van der Waals surface area contributed by atoms with Gasteiger partial charge >= 0.3 is 0 Å². The highest BCUT2D eigenvalue weighted by molar-refractivity contribution is 7.92. The number of aryl methyl sites for hydroxylation is 1. The molecule has 2 N–H and O–H groups in total. The molecule has 1 atom stereocenters. The number of carbonyl (C=O) groups excluding carboxylic acids is 2. The molecule has 3 aromatic rings. The number of hydrogen-bond donors (Lipinski definition) is 2. The molecule has 0 spiro atoms. The van der Waals surface area contributed by atoms with Crippen molar-refractivity contribution in [2.24, 2.45) is 5.10 Å². The van der Waals surface area contributed by atoms with Gasteiger partial charge < -0.3 is 10.1 Å². The first-order chi connectivity index (χ1) is 18.0. The molecular formula is C28H32N4O5S. The van der Waals surface area contributed by atoms with Gasteiger partial charge in [-0.1, -0.05) is 42.5 Å². The molecule has 3 aromatic carbocycles. The number of benzene rings is 3. The normalized spacial score (nSPS) is 12.1. The van der Waals surface area contributed by atoms with Gasteiger partial charge in [-0.3, -0.25) is 13.9 Å². The quantitative estimate of drug-likeness (QED) is 0.288. The largest absolute Gasteiger partial charge is 0.484 e. The first-order valence-electron chi connectivity index (χ1n) is 12.0. The zero-order valence-electron chi connectivity index (χ0n) is 21.8. The molecule has 0 unspecified atom stereocenters. The molecule has 0 radical (unpaired) electrons. The van der Waals surface area contributed by atoms with Crippen LogP contribution in [0.2, 0.25) is 0 Å². The summed E-state index contributed by atoms with van der Waals surface area (Å²) in [4.78, 5) is 24.6. The Labute approximate surface area is 223 Å². The second kappa shape index (κ2) is 12.9. The van der Waals surface area contributed by atoms with Crippen LogP contribution in [0.25, 0.3) is 0 Å². The minimum absolute atomic E-state index is 0.127. The Hall–Kier alpha value is -4.18. The van der Waals surface area contributed by atoms with Crippen LogP contribution in [0.1, 0.15) is 35.2 Å². The van der Waals surface area contributed by atoms with Crippen molar-refractivity contribution in [3.63, 3.8) is 0 Å². The molecule has 0 bridgehead atoms. The Kier molecular flexibility index (Phi) is 9.61. The number of anilines is 1. The topological polar surface area (TPSA) is 117 Å². The van der Waals surface area contributed by atoms with E-state index >= 15 is 0 Å². The number of nitrogens with zero attached hydrogens (tertiary/aromatic N) is 2. The van der Waals surface area contributed by atoms with E-state index in [4.69, 9.17) is 4.74 Å². The average Bonchev–Trinajstić information content (AvgIpc) is 2.88. The zero-order valence-corrected chi connectivity index (χ0v) is 22.7. The van der Waals surface area contributed by atoms with Crippen LogP contribution in [0, 0.1) is 13.8 Å². The first kappa shape index (κ1) is 28.4. The molecule has 0 saturated carbocycles. The van der Waals surface area contributed by atoms with Crippen molar-refractivity contribution in [3.05, 3.63) is 95.1 Å². The Balaban J connectivity index is 1.50. The second-order valence-corrected chi connectivity index (χ2v) is 10.7. The van der Waals surface area contributed by atoms with Gasteiger partial charge in [-0.25, -0.2) is 13.8 Å². The maximum absolute atomic E-state index is 12.4. The van der Waals surface area contributed by atoms with Gasteiger partial charge in [0, 0.05) is 0 Å². The van der Waals surface area contributed by atoms with E-state index in [0.717, 1.165) is 27.3 Å². The molecule has 0 fully saturated rings. The molecule has 0 aliphatic rings. The minimum atomic E-state index is -3.69. The fraction of sp³-hybridized carbons (Fsp3) is 0.250. The summed E-state index contributed by atoms with van der Waals surface area (Å²) in [6.45, 7) is 5.06. The fourth-order valence-corrected chi connectivity index (χ4v) is 4.55. The molecule has 0 aliphatic heterocycles. The summed E-state index contributed by atoms with van der Waals surface area (Å²) in [7, 11) is -3.69. The molecule has 0 aromatic heterocycles. The molecule has 10 heteroatoms. The van der Waals surface area contributed by atoms with Crippen LogP contribution < -0.4 is 19.8 Å². The summed E-state index contributed by atoms with van der Waals surface area (Å²) < 4.78 is 31.3. The predicted molar refractivity (Wildman–Crippen MR) is 149 cm³/mol. The van der Waals surface area contributed by atoms with Gasteiger partial charge in [-0.05, 0) is 73.4 Å². The van der Waals surface area contributed by atoms with Gasteiger partial charge in [0.25, 0.3) is 11.8 Å². The predicted octanol–water partition coefficient (Wildman–Crippen LogP) is 3.48. The standard InChI is InChI=1S/C28H32N4O5S/c1-20-9-8-12-26(21(20)2)32(38(4,35)36)18-27(33)31-29-17-23-13-15-25(16-14-23)37-19-28(34)30-22(3)24-10-6-5-7-11-24/h5-17,22H,18-19H2,1-4H3,(H,30,34)(H,31,33)/t22-/m0/s1. The average molecular weight is 537 g/mol. The summed E-state index contributed by atoms with van der Waals surface area (Å²) in [5.41, 5.74) is 6.19. The highest BCUT2D eigenvalue weighted by Gasteiger charge is 2.22. The summed E-state index contributed by atoms with van der Waals surface area (Å²) in [5.74, 6) is -0.312. The monoisotopic (exact) mass is 536 g/mol. The van der Waals surface area contributed by atoms with E-state index < -0.39 is 22.5 Å². The van der Waals surface area contributed by atoms with Crippen LogP contribution >= 0.6 is 0 Å². The van der Waals surface area contributed by atoms with Crippen molar-refractivity contribution in [2.75, 3.05) is 23.7 Å². The molecule has 200 valence electrons. The van der Waals surface area contributed by atoms with Crippen LogP contribution in [-0.4, -0.2) is 45.9 Å². The lowest BCUT2D eigenvalue weighted by molar-refractivity contribution is -0.123. The van der Waals surface area contributed by atoms with E-state index in [-0.39, 0.29) is 18.6 Å². The van der Waals surface area contributed by atoms with Gasteiger partial charge in [0.2, 0.25) is 10.0 Å². The lowest BCUT2D eigenvalue weighted by Gasteiger charge is -2.23. The number of nitrogens with one attached hydrogen (secondary N) is 2. The molecule has 38 heavy (non-hydrogen) atoms. The Morgan fingerprint density at radius 3 is 2.32 bits per heavy atom. The third-order valence-electron chi connectivity index (χ3n) is 5.86. The maximum Gasteiger partial charge on any atom is 0.260 e. The van der Waals surface area contributed by atoms with E-state index in [0.29, 0.717) is 17.0 Å². The number of hydrogen-bond acceptors (Lipinski definition) is 6. The Morgan fingerprint density at radius 1 is 0.974 bits per heavy atom. The first-order valence-corrected chi connectivity index (χ1v) is 13.8. The van der Waals surface area contributed by atoms with Crippen molar-refractivity contribution in [3.8, 4) is 5.75 Å². The number of amides is 2.